The second kappa shape index (κ2) is 6.21. The molecule has 1 saturated carbocycles. The Morgan fingerprint density at radius 2 is 2.06 bits per heavy atom. The smallest absolute Gasteiger partial charge is 0.223 e. The van der Waals surface area contributed by atoms with E-state index in [1.54, 1.807) is 0 Å². The Hall–Kier alpha value is -0.610. The standard InChI is InChI=1S/C12H24N2O2/c1-8(4-3-5-9(2)13)12(16)14-10-6-11(15)7-10/h8-11,15H,3-7,13H2,1-2H3,(H,14,16). The first-order chi connectivity index (χ1) is 7.49. The molecule has 1 rings (SSSR count). The molecule has 0 spiro atoms. The summed E-state index contributed by atoms with van der Waals surface area (Å²) in [7, 11) is 0. The highest BCUT2D eigenvalue weighted by molar-refractivity contribution is 5.78. The molecular weight excluding hydrogens is 204 g/mol. The van der Waals surface area contributed by atoms with Gasteiger partial charge < -0.3 is 16.2 Å². The predicted molar refractivity (Wildman–Crippen MR) is 63.8 cm³/mol. The number of nitrogens with one attached hydrogen (secondary N) is 1. The highest BCUT2D eigenvalue weighted by atomic mass is 16.3. The molecule has 94 valence electrons. The number of rotatable bonds is 6. The lowest BCUT2D eigenvalue weighted by atomic mass is 9.89. The molecule has 2 unspecified atom stereocenters. The number of hydrogen-bond acceptors (Lipinski definition) is 3. The van der Waals surface area contributed by atoms with Gasteiger partial charge in [0.25, 0.3) is 0 Å². The molecule has 4 N–H and O–H groups in total. The molecule has 2 atom stereocenters. The van der Waals surface area contributed by atoms with E-state index in [1.807, 2.05) is 13.8 Å². The van der Waals surface area contributed by atoms with Crippen molar-refractivity contribution in [1.82, 2.24) is 5.32 Å². The largest absolute Gasteiger partial charge is 0.393 e. The van der Waals surface area contributed by atoms with Gasteiger partial charge in [-0.2, -0.15) is 0 Å². The van der Waals surface area contributed by atoms with Crippen molar-refractivity contribution in [2.45, 2.75) is 64.1 Å². The second-order valence-electron chi connectivity index (χ2n) is 5.14. The van der Waals surface area contributed by atoms with E-state index < -0.39 is 0 Å². The number of hydrogen-bond donors (Lipinski definition) is 3. The summed E-state index contributed by atoms with van der Waals surface area (Å²) in [5, 5.41) is 12.1. The molecule has 1 fully saturated rings. The third kappa shape index (κ3) is 4.49. The summed E-state index contributed by atoms with van der Waals surface area (Å²) < 4.78 is 0. The van der Waals surface area contributed by atoms with Crippen molar-refractivity contribution in [3.63, 3.8) is 0 Å². The molecule has 0 aliphatic heterocycles. The van der Waals surface area contributed by atoms with E-state index in [9.17, 15) is 4.79 Å². The summed E-state index contributed by atoms with van der Waals surface area (Å²) in [5.74, 6) is 0.165. The number of aliphatic hydroxyl groups excluding tert-OH is 1. The van der Waals surface area contributed by atoms with Crippen molar-refractivity contribution in [1.29, 1.82) is 0 Å². The maximum Gasteiger partial charge on any atom is 0.223 e. The Morgan fingerprint density at radius 3 is 2.56 bits per heavy atom. The summed E-state index contributed by atoms with van der Waals surface area (Å²) in [6, 6.07) is 0.412. The third-order valence-electron chi connectivity index (χ3n) is 3.20. The van der Waals surface area contributed by atoms with Crippen LogP contribution >= 0.6 is 0 Å². The van der Waals surface area contributed by atoms with E-state index in [0.29, 0.717) is 12.8 Å². The monoisotopic (exact) mass is 228 g/mol. The molecule has 1 amide bonds. The predicted octanol–water partition coefficient (Wildman–Crippen LogP) is 0.779. The van der Waals surface area contributed by atoms with Crippen LogP contribution in [0.2, 0.25) is 0 Å². The number of carbonyl (C=O) groups excluding carboxylic acids is 1. The summed E-state index contributed by atoms with van der Waals surface area (Å²) in [4.78, 5) is 11.7. The zero-order valence-electron chi connectivity index (χ0n) is 10.3. The molecule has 16 heavy (non-hydrogen) atoms. The van der Waals surface area contributed by atoms with Crippen LogP contribution in [-0.4, -0.2) is 29.2 Å². The van der Waals surface area contributed by atoms with Crippen molar-refractivity contribution < 1.29 is 9.90 Å². The summed E-state index contributed by atoms with van der Waals surface area (Å²) in [6.07, 6.45) is 4.07. The maximum atomic E-state index is 11.7. The van der Waals surface area contributed by atoms with Gasteiger partial charge in [-0.3, -0.25) is 4.79 Å². The van der Waals surface area contributed by atoms with E-state index >= 15 is 0 Å². The van der Waals surface area contributed by atoms with Gasteiger partial charge in [0.1, 0.15) is 0 Å². The van der Waals surface area contributed by atoms with Crippen LogP contribution in [0, 0.1) is 5.92 Å². The van der Waals surface area contributed by atoms with Gasteiger partial charge in [-0.15, -0.1) is 0 Å². The fraction of sp³-hybridized carbons (Fsp3) is 0.917. The van der Waals surface area contributed by atoms with Crippen molar-refractivity contribution in [2.75, 3.05) is 0 Å². The zero-order valence-corrected chi connectivity index (χ0v) is 10.3. The van der Waals surface area contributed by atoms with Crippen molar-refractivity contribution in [2.24, 2.45) is 11.7 Å². The fourth-order valence-corrected chi connectivity index (χ4v) is 1.93. The molecule has 0 heterocycles. The summed E-state index contributed by atoms with van der Waals surface area (Å²) in [6.45, 7) is 3.94. The van der Waals surface area contributed by atoms with Crippen LogP contribution in [0.1, 0.15) is 46.0 Å². The molecule has 0 aromatic carbocycles. The number of amides is 1. The molecule has 0 saturated heterocycles. The minimum absolute atomic E-state index is 0.0523. The van der Waals surface area contributed by atoms with Crippen LogP contribution in [0.15, 0.2) is 0 Å². The first-order valence-electron chi connectivity index (χ1n) is 6.23. The van der Waals surface area contributed by atoms with Crippen molar-refractivity contribution >= 4 is 5.91 Å². The van der Waals surface area contributed by atoms with E-state index in [2.05, 4.69) is 5.32 Å². The van der Waals surface area contributed by atoms with E-state index in [4.69, 9.17) is 10.8 Å². The Morgan fingerprint density at radius 1 is 1.44 bits per heavy atom. The lowest BCUT2D eigenvalue weighted by Gasteiger charge is -2.32. The Balaban J connectivity index is 2.10. The van der Waals surface area contributed by atoms with Crippen LogP contribution in [0.25, 0.3) is 0 Å². The van der Waals surface area contributed by atoms with Crippen LogP contribution in [0.4, 0.5) is 0 Å². The molecule has 1 aliphatic carbocycles. The van der Waals surface area contributed by atoms with Crippen molar-refractivity contribution in [3.8, 4) is 0 Å². The first-order valence-corrected chi connectivity index (χ1v) is 6.23. The number of nitrogens with two attached hydrogens (primary N) is 1. The highest BCUT2D eigenvalue weighted by Gasteiger charge is 2.29. The Kier molecular flexibility index (Phi) is 5.22. The molecule has 0 aromatic heterocycles. The minimum Gasteiger partial charge on any atom is -0.393 e. The zero-order chi connectivity index (χ0) is 12.1. The lowest BCUT2D eigenvalue weighted by Crippen LogP contribution is -2.48. The van der Waals surface area contributed by atoms with Gasteiger partial charge in [-0.05, 0) is 32.6 Å². The SMILES string of the molecule is CC(N)CCCC(C)C(=O)NC1CC(O)C1. The third-order valence-corrected chi connectivity index (χ3v) is 3.20. The molecule has 4 nitrogen and oxygen atoms in total. The van der Waals surface area contributed by atoms with Gasteiger partial charge in [0.2, 0.25) is 5.91 Å². The molecule has 1 aliphatic rings. The average molecular weight is 228 g/mol. The second-order valence-corrected chi connectivity index (χ2v) is 5.14. The minimum atomic E-state index is -0.210. The Bertz CT molecular complexity index is 225. The number of aliphatic hydroxyl groups is 1. The van der Waals surface area contributed by atoms with Gasteiger partial charge in [-0.25, -0.2) is 0 Å². The van der Waals surface area contributed by atoms with Crippen LogP contribution in [-0.2, 0) is 4.79 Å². The van der Waals surface area contributed by atoms with Crippen molar-refractivity contribution in [3.05, 3.63) is 0 Å². The van der Waals surface area contributed by atoms with E-state index in [1.165, 1.54) is 0 Å². The van der Waals surface area contributed by atoms with E-state index in [-0.39, 0.29) is 30.0 Å². The first kappa shape index (κ1) is 13.5. The number of carbonyl (C=O) groups is 1. The molecule has 0 bridgehead atoms. The summed E-state index contributed by atoms with van der Waals surface area (Å²) in [5.41, 5.74) is 5.65. The topological polar surface area (TPSA) is 75.4 Å². The van der Waals surface area contributed by atoms with Crippen LogP contribution < -0.4 is 11.1 Å². The van der Waals surface area contributed by atoms with E-state index in [0.717, 1.165) is 19.3 Å². The lowest BCUT2D eigenvalue weighted by molar-refractivity contribution is -0.126. The summed E-state index contributed by atoms with van der Waals surface area (Å²) >= 11 is 0. The maximum absolute atomic E-state index is 11.7. The normalized spacial score (nSPS) is 28.0. The quantitative estimate of drug-likeness (QED) is 0.629. The molecule has 0 aromatic rings. The molecule has 4 heteroatoms. The van der Waals surface area contributed by atoms with Gasteiger partial charge in [0.05, 0.1) is 6.10 Å². The fourth-order valence-electron chi connectivity index (χ4n) is 1.93. The van der Waals surface area contributed by atoms with Gasteiger partial charge >= 0.3 is 0 Å². The highest BCUT2D eigenvalue weighted by Crippen LogP contribution is 2.20. The van der Waals surface area contributed by atoms with Gasteiger partial charge in [0.15, 0.2) is 0 Å². The van der Waals surface area contributed by atoms with Gasteiger partial charge in [0, 0.05) is 18.0 Å². The average Bonchev–Trinajstić information content (AvgIpc) is 2.14. The molecule has 0 radical (unpaired) electrons. The Labute approximate surface area is 97.6 Å². The molecular formula is C12H24N2O2. The van der Waals surface area contributed by atoms with Gasteiger partial charge in [-0.1, -0.05) is 13.3 Å². The van der Waals surface area contributed by atoms with Crippen LogP contribution in [0.5, 0.6) is 0 Å². The van der Waals surface area contributed by atoms with Crippen LogP contribution in [0.3, 0.4) is 0 Å².